The molecule has 134 valence electrons. The summed E-state index contributed by atoms with van der Waals surface area (Å²) in [6.07, 6.45) is 1.76. The Bertz CT molecular complexity index is 985. The van der Waals surface area contributed by atoms with Gasteiger partial charge in [-0.15, -0.1) is 6.58 Å². The van der Waals surface area contributed by atoms with E-state index in [1.807, 2.05) is 17.6 Å². The van der Waals surface area contributed by atoms with Crippen LogP contribution in [0.4, 0.5) is 10.1 Å². The van der Waals surface area contributed by atoms with Crippen molar-refractivity contribution in [2.45, 2.75) is 33.2 Å². The quantitative estimate of drug-likeness (QED) is 0.593. The molecule has 1 heterocycles. The molecule has 0 radical (unpaired) electrons. The number of hydrogen-bond acceptors (Lipinski definition) is 1. The number of carbonyl (C=O) groups is 1. The number of nitrogens with one attached hydrogen (secondary N) is 1. The van der Waals surface area contributed by atoms with Crippen LogP contribution in [0.5, 0.6) is 0 Å². The first-order valence-electron chi connectivity index (χ1n) is 8.73. The van der Waals surface area contributed by atoms with Gasteiger partial charge >= 0.3 is 0 Å². The molecule has 26 heavy (non-hydrogen) atoms. The van der Waals surface area contributed by atoms with Crippen molar-refractivity contribution in [1.82, 2.24) is 4.57 Å². The minimum absolute atomic E-state index is 0.176. The fourth-order valence-electron chi connectivity index (χ4n) is 3.25. The van der Waals surface area contributed by atoms with Gasteiger partial charge in [0.25, 0.3) is 5.91 Å². The Balaban J connectivity index is 2.13. The van der Waals surface area contributed by atoms with Crippen LogP contribution in [0.25, 0.3) is 10.9 Å². The molecular formula is C22H23FN2O. The summed E-state index contributed by atoms with van der Waals surface area (Å²) in [6.45, 7) is 10.5. The molecule has 0 aliphatic carbocycles. The molecule has 0 saturated carbocycles. The van der Waals surface area contributed by atoms with Crippen molar-refractivity contribution in [3.05, 3.63) is 77.8 Å². The number of aryl methyl sites for hydroxylation is 1. The van der Waals surface area contributed by atoms with Crippen molar-refractivity contribution in [2.24, 2.45) is 0 Å². The number of rotatable bonds is 5. The molecule has 3 rings (SSSR count). The summed E-state index contributed by atoms with van der Waals surface area (Å²) in [5.41, 5.74) is 3.79. The van der Waals surface area contributed by atoms with Crippen LogP contribution in [0.3, 0.4) is 0 Å². The fourth-order valence-corrected chi connectivity index (χ4v) is 3.25. The van der Waals surface area contributed by atoms with Crippen molar-refractivity contribution in [2.75, 3.05) is 5.32 Å². The lowest BCUT2D eigenvalue weighted by Crippen LogP contribution is -2.18. The van der Waals surface area contributed by atoms with E-state index >= 15 is 0 Å². The Morgan fingerprint density at radius 2 is 2.00 bits per heavy atom. The molecule has 1 amide bonds. The predicted octanol–water partition coefficient (Wildman–Crippen LogP) is 5.65. The number of fused-ring (bicyclic) bond motifs is 1. The first kappa shape index (κ1) is 17.9. The summed E-state index contributed by atoms with van der Waals surface area (Å²) < 4.78 is 15.9. The monoisotopic (exact) mass is 350 g/mol. The summed E-state index contributed by atoms with van der Waals surface area (Å²) in [4.78, 5) is 12.9. The molecule has 2 aromatic carbocycles. The highest BCUT2D eigenvalue weighted by molar-refractivity contribution is 6.08. The summed E-state index contributed by atoms with van der Waals surface area (Å²) in [7, 11) is 0. The average molecular weight is 350 g/mol. The zero-order valence-corrected chi connectivity index (χ0v) is 15.3. The number of halogens is 1. The topological polar surface area (TPSA) is 34.0 Å². The Morgan fingerprint density at radius 3 is 2.65 bits per heavy atom. The molecule has 1 aromatic heterocycles. The highest BCUT2D eigenvalue weighted by Crippen LogP contribution is 2.30. The number of amides is 1. The zero-order chi connectivity index (χ0) is 18.8. The largest absolute Gasteiger partial charge is 0.332 e. The molecule has 4 heteroatoms. The second kappa shape index (κ2) is 7.16. The van der Waals surface area contributed by atoms with E-state index in [2.05, 4.69) is 37.9 Å². The van der Waals surface area contributed by atoms with Gasteiger partial charge in [0, 0.05) is 17.4 Å². The molecule has 0 atom stereocenters. The van der Waals surface area contributed by atoms with E-state index in [1.165, 1.54) is 11.6 Å². The van der Waals surface area contributed by atoms with E-state index in [0.29, 0.717) is 18.2 Å². The van der Waals surface area contributed by atoms with Gasteiger partial charge in [0.2, 0.25) is 0 Å². The molecule has 3 aromatic rings. The van der Waals surface area contributed by atoms with Crippen molar-refractivity contribution in [1.29, 1.82) is 0 Å². The van der Waals surface area contributed by atoms with E-state index in [1.54, 1.807) is 24.3 Å². The van der Waals surface area contributed by atoms with Crippen LogP contribution in [0.15, 0.2) is 55.1 Å². The first-order valence-corrected chi connectivity index (χ1v) is 8.73. The molecule has 0 saturated heterocycles. The van der Waals surface area contributed by atoms with Crippen molar-refractivity contribution in [3.63, 3.8) is 0 Å². The molecule has 0 spiro atoms. The first-order chi connectivity index (χ1) is 12.4. The van der Waals surface area contributed by atoms with E-state index in [9.17, 15) is 9.18 Å². The van der Waals surface area contributed by atoms with Crippen LogP contribution in [-0.4, -0.2) is 10.5 Å². The van der Waals surface area contributed by atoms with Gasteiger partial charge in [-0.3, -0.25) is 4.79 Å². The number of benzene rings is 2. The highest BCUT2D eigenvalue weighted by atomic mass is 19.1. The summed E-state index contributed by atoms with van der Waals surface area (Å²) in [6, 6.07) is 12.4. The van der Waals surface area contributed by atoms with E-state index in [4.69, 9.17) is 0 Å². The average Bonchev–Trinajstić information content (AvgIpc) is 2.89. The minimum atomic E-state index is -0.452. The Labute approximate surface area is 153 Å². The van der Waals surface area contributed by atoms with Gasteiger partial charge in [0.1, 0.15) is 11.5 Å². The molecule has 0 fully saturated rings. The van der Waals surface area contributed by atoms with E-state index in [0.717, 1.165) is 16.5 Å². The second-order valence-electron chi connectivity index (χ2n) is 6.74. The summed E-state index contributed by atoms with van der Waals surface area (Å²) >= 11 is 0. The number of allylic oxidation sites excluding steroid dienone is 1. The molecular weight excluding hydrogens is 327 g/mol. The highest BCUT2D eigenvalue weighted by Gasteiger charge is 2.21. The van der Waals surface area contributed by atoms with Gasteiger partial charge in [-0.25, -0.2) is 4.39 Å². The molecule has 0 bridgehead atoms. The van der Waals surface area contributed by atoms with Crippen LogP contribution in [-0.2, 0) is 6.54 Å². The number of para-hydroxylation sites is 1. The van der Waals surface area contributed by atoms with Gasteiger partial charge in [-0.2, -0.15) is 0 Å². The minimum Gasteiger partial charge on any atom is -0.332 e. The lowest BCUT2D eigenvalue weighted by atomic mass is 10.0. The summed E-state index contributed by atoms with van der Waals surface area (Å²) in [5.74, 6) is -0.374. The molecule has 0 aliphatic rings. The third-order valence-corrected chi connectivity index (χ3v) is 4.66. The third-order valence-electron chi connectivity index (χ3n) is 4.66. The molecule has 0 unspecified atom stereocenters. The van der Waals surface area contributed by atoms with Gasteiger partial charge in [0.15, 0.2) is 0 Å². The summed E-state index contributed by atoms with van der Waals surface area (Å²) in [5, 5.41) is 3.73. The molecule has 1 N–H and O–H groups in total. The maximum Gasteiger partial charge on any atom is 0.272 e. The number of hydrogen-bond donors (Lipinski definition) is 1. The standard InChI is InChI=1S/C22H23FN2O/c1-5-12-25-20-11-10-16(14(2)3)13-17(20)15(4)21(25)22(26)24-19-9-7-6-8-18(19)23/h5-11,13-14H,1,12H2,2-4H3,(H,24,26). The van der Waals surface area contributed by atoms with Crippen LogP contribution < -0.4 is 5.32 Å². The fraction of sp³-hybridized carbons (Fsp3) is 0.227. The lowest BCUT2D eigenvalue weighted by molar-refractivity contribution is 0.101. The number of aromatic nitrogens is 1. The van der Waals surface area contributed by atoms with E-state index in [-0.39, 0.29) is 11.6 Å². The van der Waals surface area contributed by atoms with Gasteiger partial charge in [-0.1, -0.05) is 38.1 Å². The number of nitrogens with zero attached hydrogens (tertiary/aromatic N) is 1. The van der Waals surface area contributed by atoms with Crippen LogP contribution in [0.2, 0.25) is 0 Å². The van der Waals surface area contributed by atoms with Gasteiger partial charge < -0.3 is 9.88 Å². The van der Waals surface area contributed by atoms with Crippen molar-refractivity contribution < 1.29 is 9.18 Å². The maximum atomic E-state index is 13.9. The van der Waals surface area contributed by atoms with Gasteiger partial charge in [0.05, 0.1) is 5.69 Å². The third kappa shape index (κ3) is 3.15. The Hall–Kier alpha value is -2.88. The van der Waals surface area contributed by atoms with Crippen LogP contribution in [0, 0.1) is 12.7 Å². The Morgan fingerprint density at radius 1 is 1.27 bits per heavy atom. The number of carbonyl (C=O) groups excluding carboxylic acids is 1. The maximum absolute atomic E-state index is 13.9. The SMILES string of the molecule is C=CCn1c(C(=O)Nc2ccccc2F)c(C)c2cc(C(C)C)ccc21. The second-order valence-corrected chi connectivity index (χ2v) is 6.74. The van der Waals surface area contributed by atoms with Crippen LogP contribution >= 0.6 is 0 Å². The predicted molar refractivity (Wildman–Crippen MR) is 105 cm³/mol. The smallest absolute Gasteiger partial charge is 0.272 e. The number of anilines is 1. The molecule has 0 aliphatic heterocycles. The normalized spacial score (nSPS) is 11.1. The van der Waals surface area contributed by atoms with Crippen molar-refractivity contribution >= 4 is 22.5 Å². The molecule has 3 nitrogen and oxygen atoms in total. The zero-order valence-electron chi connectivity index (χ0n) is 15.3. The van der Waals surface area contributed by atoms with Gasteiger partial charge in [-0.05, 0) is 48.2 Å². The van der Waals surface area contributed by atoms with Crippen LogP contribution in [0.1, 0.15) is 41.4 Å². The van der Waals surface area contributed by atoms with Crippen molar-refractivity contribution in [3.8, 4) is 0 Å². The Kier molecular flexibility index (Phi) is 4.94. The van der Waals surface area contributed by atoms with E-state index < -0.39 is 5.82 Å². The lowest BCUT2D eigenvalue weighted by Gasteiger charge is -2.11.